The van der Waals surface area contributed by atoms with Gasteiger partial charge in [-0.3, -0.25) is 4.57 Å². The van der Waals surface area contributed by atoms with E-state index in [0.717, 1.165) is 38.6 Å². The average Bonchev–Trinajstić information content (AvgIpc) is 2.98. The number of rotatable bonds is 3. The molecule has 0 N–H and O–H groups in total. The van der Waals surface area contributed by atoms with Gasteiger partial charge in [-0.2, -0.15) is 5.10 Å². The number of alkyl halides is 1. The maximum absolute atomic E-state index is 6.08. The molecule has 5 nitrogen and oxygen atoms in total. The zero-order valence-corrected chi connectivity index (χ0v) is 14.2. The number of benzene rings is 1. The molecule has 0 aliphatic heterocycles. The molecular formula is C14H14BrClN4O. The molecule has 0 saturated heterocycles. The van der Waals surface area contributed by atoms with Crippen molar-refractivity contribution in [1.29, 1.82) is 0 Å². The fourth-order valence-corrected chi connectivity index (χ4v) is 3.05. The summed E-state index contributed by atoms with van der Waals surface area (Å²) in [6.45, 7) is 1.94. The summed E-state index contributed by atoms with van der Waals surface area (Å²) < 4.78 is 10.1. The molecule has 0 unspecified atom stereocenters. The highest BCUT2D eigenvalue weighted by Gasteiger charge is 2.19. The second-order valence-electron chi connectivity index (χ2n) is 4.70. The minimum absolute atomic E-state index is 0.317. The highest BCUT2D eigenvalue weighted by molar-refractivity contribution is 9.10. The molecule has 7 heteroatoms. The van der Waals surface area contributed by atoms with Crippen LogP contribution in [0.5, 0.6) is 5.75 Å². The summed E-state index contributed by atoms with van der Waals surface area (Å²) in [5, 5.41) is 4.43. The zero-order valence-electron chi connectivity index (χ0n) is 11.9. The highest BCUT2D eigenvalue weighted by Crippen LogP contribution is 2.31. The number of halogens is 2. The molecule has 0 fully saturated rings. The Bertz CT molecular complexity index is 824. The molecule has 1 aromatic carbocycles. The molecule has 0 aliphatic rings. The monoisotopic (exact) mass is 368 g/mol. The molecule has 0 radical (unpaired) electrons. The van der Waals surface area contributed by atoms with Crippen LogP contribution in [-0.2, 0) is 12.9 Å². The smallest absolute Gasteiger partial charge is 0.163 e. The lowest BCUT2D eigenvalue weighted by Gasteiger charge is -2.12. The molecule has 0 atom stereocenters. The number of nitrogens with zero attached hydrogens (tertiary/aromatic N) is 4. The van der Waals surface area contributed by atoms with E-state index in [1.807, 2.05) is 41.4 Å². The Morgan fingerprint density at radius 1 is 1.38 bits per heavy atom. The topological polar surface area (TPSA) is 44.9 Å². The van der Waals surface area contributed by atoms with Crippen LogP contribution in [0.3, 0.4) is 0 Å². The molecule has 3 aromatic rings. The predicted molar refractivity (Wildman–Crippen MR) is 86.4 cm³/mol. The fourth-order valence-electron chi connectivity index (χ4n) is 2.45. The van der Waals surface area contributed by atoms with Gasteiger partial charge < -0.3 is 4.74 Å². The average molecular weight is 370 g/mol. The van der Waals surface area contributed by atoms with Crippen molar-refractivity contribution in [1.82, 2.24) is 19.3 Å². The molecule has 110 valence electrons. The summed E-state index contributed by atoms with van der Waals surface area (Å²) in [6, 6.07) is 5.79. The summed E-state index contributed by atoms with van der Waals surface area (Å²) in [4.78, 5) is 4.61. The number of imidazole rings is 1. The third-order valence-electron chi connectivity index (χ3n) is 3.39. The van der Waals surface area contributed by atoms with Crippen LogP contribution in [0.4, 0.5) is 0 Å². The molecule has 0 saturated carbocycles. The molecule has 21 heavy (non-hydrogen) atoms. The Balaban J connectivity index is 2.38. The summed E-state index contributed by atoms with van der Waals surface area (Å²) in [7, 11) is 3.55. The second-order valence-corrected chi connectivity index (χ2v) is 5.82. The normalized spacial score (nSPS) is 11.3. The molecule has 3 rings (SSSR count). The van der Waals surface area contributed by atoms with Crippen molar-refractivity contribution in [2.75, 3.05) is 7.11 Å². The van der Waals surface area contributed by atoms with Gasteiger partial charge in [0, 0.05) is 17.6 Å². The summed E-state index contributed by atoms with van der Waals surface area (Å²) in [5.74, 6) is 1.86. The SMILES string of the molecule is COc1ccc(Br)c(-n2c(CCl)nc3c(C)nn(C)c32)c1. The first-order valence-corrected chi connectivity index (χ1v) is 7.70. The maximum atomic E-state index is 6.08. The largest absolute Gasteiger partial charge is 0.497 e. The molecule has 2 heterocycles. The molecule has 0 amide bonds. The fraction of sp³-hybridized carbons (Fsp3) is 0.286. The van der Waals surface area contributed by atoms with E-state index in [9.17, 15) is 0 Å². The number of aryl methyl sites for hydroxylation is 2. The quantitative estimate of drug-likeness (QED) is 0.663. The van der Waals surface area contributed by atoms with Gasteiger partial charge in [0.25, 0.3) is 0 Å². The molecule has 0 aliphatic carbocycles. The highest BCUT2D eigenvalue weighted by atomic mass is 79.9. The van der Waals surface area contributed by atoms with Gasteiger partial charge in [0.15, 0.2) is 5.65 Å². The summed E-state index contributed by atoms with van der Waals surface area (Å²) in [6.07, 6.45) is 0. The van der Waals surface area contributed by atoms with Crippen molar-refractivity contribution in [3.63, 3.8) is 0 Å². The third-order valence-corrected chi connectivity index (χ3v) is 4.30. The third kappa shape index (κ3) is 2.22. The molecule has 0 bridgehead atoms. The lowest BCUT2D eigenvalue weighted by Crippen LogP contribution is -2.05. The van der Waals surface area contributed by atoms with E-state index >= 15 is 0 Å². The van der Waals surface area contributed by atoms with Crippen LogP contribution >= 0.6 is 27.5 Å². The number of hydrogen-bond donors (Lipinski definition) is 0. The standard InChI is InChI=1S/C14H14BrClN4O/c1-8-13-14(19(2)18-8)20(12(7-16)17-13)11-6-9(21-3)4-5-10(11)15/h4-6H,7H2,1-3H3. The summed E-state index contributed by atoms with van der Waals surface area (Å²) >= 11 is 9.67. The van der Waals surface area contributed by atoms with Crippen molar-refractivity contribution in [3.8, 4) is 11.4 Å². The van der Waals surface area contributed by atoms with E-state index in [0.29, 0.717) is 5.88 Å². The first-order valence-electron chi connectivity index (χ1n) is 6.37. The molecular weight excluding hydrogens is 356 g/mol. The number of methoxy groups -OCH3 is 1. The second kappa shape index (κ2) is 5.35. The van der Waals surface area contributed by atoms with Crippen LogP contribution < -0.4 is 4.74 Å². The van der Waals surface area contributed by atoms with Crippen molar-refractivity contribution in [3.05, 3.63) is 34.2 Å². The van der Waals surface area contributed by atoms with E-state index < -0.39 is 0 Å². The molecule has 0 spiro atoms. The van der Waals surface area contributed by atoms with Gasteiger partial charge in [-0.1, -0.05) is 0 Å². The van der Waals surface area contributed by atoms with Gasteiger partial charge in [0.1, 0.15) is 17.1 Å². The number of fused-ring (bicyclic) bond motifs is 1. The predicted octanol–water partition coefficient (Wildman–Crippen LogP) is 3.58. The van der Waals surface area contributed by atoms with Gasteiger partial charge >= 0.3 is 0 Å². The van der Waals surface area contributed by atoms with Gasteiger partial charge in [0.2, 0.25) is 0 Å². The lowest BCUT2D eigenvalue weighted by molar-refractivity contribution is 0.414. The lowest BCUT2D eigenvalue weighted by atomic mass is 10.3. The Morgan fingerprint density at radius 3 is 2.81 bits per heavy atom. The van der Waals surface area contributed by atoms with Crippen molar-refractivity contribution >= 4 is 38.7 Å². The van der Waals surface area contributed by atoms with Crippen LogP contribution in [0.2, 0.25) is 0 Å². The van der Waals surface area contributed by atoms with Crippen molar-refractivity contribution in [2.45, 2.75) is 12.8 Å². The minimum atomic E-state index is 0.317. The Labute approximate surface area is 135 Å². The van der Waals surface area contributed by atoms with Gasteiger partial charge in [-0.25, -0.2) is 9.67 Å². The summed E-state index contributed by atoms with van der Waals surface area (Å²) in [5.41, 5.74) is 3.59. The van der Waals surface area contributed by atoms with Gasteiger partial charge in [-0.05, 0) is 35.0 Å². The van der Waals surface area contributed by atoms with E-state index in [1.165, 1.54) is 0 Å². The van der Waals surface area contributed by atoms with Crippen molar-refractivity contribution in [2.24, 2.45) is 7.05 Å². The van der Waals surface area contributed by atoms with Crippen LogP contribution in [0.25, 0.3) is 16.9 Å². The van der Waals surface area contributed by atoms with E-state index in [4.69, 9.17) is 16.3 Å². The zero-order chi connectivity index (χ0) is 15.1. The Morgan fingerprint density at radius 2 is 2.14 bits per heavy atom. The molecule has 2 aromatic heterocycles. The maximum Gasteiger partial charge on any atom is 0.163 e. The first-order chi connectivity index (χ1) is 10.1. The van der Waals surface area contributed by atoms with Crippen LogP contribution in [0, 0.1) is 6.92 Å². The van der Waals surface area contributed by atoms with Gasteiger partial charge in [-0.15, -0.1) is 11.6 Å². The Hall–Kier alpha value is -1.53. The van der Waals surface area contributed by atoms with Crippen molar-refractivity contribution < 1.29 is 4.74 Å². The van der Waals surface area contributed by atoms with Crippen LogP contribution in [0.1, 0.15) is 11.5 Å². The first kappa shape index (κ1) is 14.4. The number of ether oxygens (including phenoxy) is 1. The van der Waals surface area contributed by atoms with E-state index in [2.05, 4.69) is 26.0 Å². The number of aromatic nitrogens is 4. The number of hydrogen-bond acceptors (Lipinski definition) is 3. The van der Waals surface area contributed by atoms with Crippen LogP contribution in [-0.4, -0.2) is 26.4 Å². The van der Waals surface area contributed by atoms with E-state index in [-0.39, 0.29) is 0 Å². The van der Waals surface area contributed by atoms with E-state index in [1.54, 1.807) is 7.11 Å². The van der Waals surface area contributed by atoms with Crippen LogP contribution in [0.15, 0.2) is 22.7 Å². The minimum Gasteiger partial charge on any atom is -0.497 e. The van der Waals surface area contributed by atoms with Gasteiger partial charge in [0.05, 0.1) is 24.4 Å². The Kier molecular flexibility index (Phi) is 3.67.